The molecule has 0 aliphatic carbocycles. The minimum absolute atomic E-state index is 0.00666. The minimum Gasteiger partial charge on any atom is -0.496 e. The van der Waals surface area contributed by atoms with Crippen molar-refractivity contribution in [1.82, 2.24) is 19.6 Å². The highest BCUT2D eigenvalue weighted by atomic mass is 32.2. The quantitative estimate of drug-likeness (QED) is 0.273. The van der Waals surface area contributed by atoms with E-state index < -0.39 is 0 Å². The first-order valence-electron chi connectivity index (χ1n) is 15.1. The van der Waals surface area contributed by atoms with Gasteiger partial charge in [0.15, 0.2) is 0 Å². The Bertz CT molecular complexity index is 1760. The number of rotatable bonds is 7. The Kier molecular flexibility index (Phi) is 9.10. The summed E-state index contributed by atoms with van der Waals surface area (Å²) in [6, 6.07) is 15.7. The summed E-state index contributed by atoms with van der Waals surface area (Å²) >= 11 is 3.15. The highest BCUT2D eigenvalue weighted by molar-refractivity contribution is 8.00. The van der Waals surface area contributed by atoms with Crippen molar-refractivity contribution in [3.63, 3.8) is 0 Å². The smallest absolute Gasteiger partial charge is 0.242 e. The van der Waals surface area contributed by atoms with Gasteiger partial charge in [-0.25, -0.2) is 4.68 Å². The van der Waals surface area contributed by atoms with Crippen LogP contribution in [0.15, 0.2) is 53.9 Å². The number of methoxy groups -OCH3 is 2. The van der Waals surface area contributed by atoms with Crippen LogP contribution < -0.4 is 14.4 Å². The molecule has 10 nitrogen and oxygen atoms in total. The summed E-state index contributed by atoms with van der Waals surface area (Å²) in [5.41, 5.74) is 5.02. The van der Waals surface area contributed by atoms with Gasteiger partial charge in [-0.05, 0) is 54.6 Å². The molecule has 46 heavy (non-hydrogen) atoms. The topological polar surface area (TPSA) is 97.2 Å². The second-order valence-electron chi connectivity index (χ2n) is 11.3. The number of piperazine rings is 1. The number of carbonyl (C=O) groups is 3. The maximum Gasteiger partial charge on any atom is 0.242 e. The number of fused-ring (bicyclic) bond motifs is 1. The Balaban J connectivity index is 1.59. The van der Waals surface area contributed by atoms with E-state index in [-0.39, 0.29) is 35.3 Å². The second kappa shape index (κ2) is 13.2. The van der Waals surface area contributed by atoms with E-state index in [2.05, 4.69) is 6.07 Å². The molecule has 2 aromatic heterocycles. The summed E-state index contributed by atoms with van der Waals surface area (Å²) in [4.78, 5) is 46.2. The fourth-order valence-electron chi connectivity index (χ4n) is 6.09. The van der Waals surface area contributed by atoms with Gasteiger partial charge < -0.3 is 19.3 Å². The van der Waals surface area contributed by atoms with Crippen LogP contribution in [0.5, 0.6) is 11.5 Å². The van der Waals surface area contributed by atoms with Crippen molar-refractivity contribution in [2.24, 2.45) is 0 Å². The van der Waals surface area contributed by atoms with Gasteiger partial charge in [0.05, 0.1) is 36.5 Å². The van der Waals surface area contributed by atoms with E-state index in [9.17, 15) is 14.4 Å². The Hall–Kier alpha value is -4.29. The Labute approximate surface area is 276 Å². The normalized spacial score (nSPS) is 16.7. The van der Waals surface area contributed by atoms with Crippen molar-refractivity contribution in [2.75, 3.05) is 57.6 Å². The molecule has 12 heteroatoms. The summed E-state index contributed by atoms with van der Waals surface area (Å²) in [6.45, 7) is 7.24. The first-order chi connectivity index (χ1) is 22.2. The average Bonchev–Trinajstić information content (AvgIpc) is 3.71. The third-order valence-electron chi connectivity index (χ3n) is 8.73. The molecule has 1 unspecified atom stereocenters. The third-order valence-corrected chi connectivity index (χ3v) is 11.1. The third kappa shape index (κ3) is 5.75. The zero-order valence-electron chi connectivity index (χ0n) is 26.6. The SMILES string of the molecule is COc1cccc(OC)c1-c1nn(-c2cccc(C)c2C)c2c1C(c1cccs1)SCC(=O)N2CC(=O)N1CCN(C(C)=O)CC1. The van der Waals surface area contributed by atoms with Crippen molar-refractivity contribution in [3.05, 3.63) is 75.5 Å². The molecule has 1 fully saturated rings. The van der Waals surface area contributed by atoms with Crippen LogP contribution in [0.3, 0.4) is 0 Å². The Morgan fingerprint density at radius 3 is 2.24 bits per heavy atom. The van der Waals surface area contributed by atoms with Gasteiger partial charge in [-0.2, -0.15) is 5.10 Å². The molecule has 3 amide bonds. The number of nitrogens with zero attached hydrogens (tertiary/aromatic N) is 5. The number of carbonyl (C=O) groups excluding carboxylic acids is 3. The molecule has 6 rings (SSSR count). The number of benzene rings is 2. The van der Waals surface area contributed by atoms with Crippen LogP contribution in [0.25, 0.3) is 16.9 Å². The van der Waals surface area contributed by atoms with Gasteiger partial charge in [-0.3, -0.25) is 19.3 Å². The average molecular weight is 660 g/mol. The number of thioether (sulfide) groups is 1. The molecule has 0 N–H and O–H groups in total. The van der Waals surface area contributed by atoms with Gasteiger partial charge in [0.2, 0.25) is 17.7 Å². The molecular formula is C34H37N5O5S2. The Morgan fingerprint density at radius 1 is 0.935 bits per heavy atom. The van der Waals surface area contributed by atoms with Crippen molar-refractivity contribution in [3.8, 4) is 28.4 Å². The van der Waals surface area contributed by atoms with Crippen LogP contribution >= 0.6 is 23.1 Å². The predicted molar refractivity (Wildman–Crippen MR) is 181 cm³/mol. The highest BCUT2D eigenvalue weighted by Crippen LogP contribution is 2.52. The lowest BCUT2D eigenvalue weighted by Crippen LogP contribution is -2.53. The molecule has 1 saturated heterocycles. The van der Waals surface area contributed by atoms with Gasteiger partial charge >= 0.3 is 0 Å². The molecule has 0 radical (unpaired) electrons. The number of amides is 3. The number of aromatic nitrogens is 2. The summed E-state index contributed by atoms with van der Waals surface area (Å²) in [6.07, 6.45) is 0. The number of hydrogen-bond acceptors (Lipinski definition) is 8. The summed E-state index contributed by atoms with van der Waals surface area (Å²) < 4.78 is 13.5. The van der Waals surface area contributed by atoms with E-state index >= 15 is 0 Å². The van der Waals surface area contributed by atoms with E-state index in [4.69, 9.17) is 14.6 Å². The summed E-state index contributed by atoms with van der Waals surface area (Å²) in [7, 11) is 3.23. The summed E-state index contributed by atoms with van der Waals surface area (Å²) in [5.74, 6) is 1.55. The second-order valence-corrected chi connectivity index (χ2v) is 13.4. The van der Waals surface area contributed by atoms with Crippen LogP contribution in [-0.4, -0.2) is 90.0 Å². The monoisotopic (exact) mass is 659 g/mol. The van der Waals surface area contributed by atoms with E-state index in [0.29, 0.717) is 54.8 Å². The fraction of sp³-hybridized carbons (Fsp3) is 0.353. The molecule has 0 bridgehead atoms. The molecule has 0 spiro atoms. The van der Waals surface area contributed by atoms with Crippen LogP contribution in [0.2, 0.25) is 0 Å². The molecular weight excluding hydrogens is 623 g/mol. The largest absolute Gasteiger partial charge is 0.496 e. The molecule has 2 aliphatic rings. The van der Waals surface area contributed by atoms with Crippen molar-refractivity contribution >= 4 is 46.6 Å². The van der Waals surface area contributed by atoms with Crippen LogP contribution in [-0.2, 0) is 14.4 Å². The molecule has 2 aromatic carbocycles. The predicted octanol–water partition coefficient (Wildman–Crippen LogP) is 5.09. The molecule has 0 saturated carbocycles. The van der Waals surface area contributed by atoms with Crippen molar-refractivity contribution in [1.29, 1.82) is 0 Å². The first-order valence-corrected chi connectivity index (χ1v) is 17.1. The molecule has 4 heterocycles. The summed E-state index contributed by atoms with van der Waals surface area (Å²) in [5, 5.41) is 7.05. The standard InChI is InChI=1S/C34H37N5O5S2/c1-21-9-6-10-24(22(21)2)39-34-31(32(35-39)30-25(43-4)11-7-12-26(30)44-5)33(27-13-8-18-45-27)46-20-29(42)38(34)19-28(41)37-16-14-36(15-17-37)23(3)40/h6-13,18,33H,14-17,19-20H2,1-5H3. The number of hydrogen-bond donors (Lipinski definition) is 0. The first kappa shape index (κ1) is 31.7. The van der Waals surface area contributed by atoms with Gasteiger partial charge in [-0.15, -0.1) is 23.1 Å². The molecule has 4 aromatic rings. The van der Waals surface area contributed by atoms with E-state index in [0.717, 1.165) is 27.3 Å². The maximum atomic E-state index is 14.2. The van der Waals surface area contributed by atoms with Gasteiger partial charge in [-0.1, -0.05) is 24.3 Å². The molecule has 2 aliphatic heterocycles. The number of anilines is 1. The fourth-order valence-corrected chi connectivity index (χ4v) is 8.27. The lowest BCUT2D eigenvalue weighted by Gasteiger charge is -2.35. The highest BCUT2D eigenvalue weighted by Gasteiger charge is 2.40. The maximum absolute atomic E-state index is 14.2. The van der Waals surface area contributed by atoms with E-state index in [1.54, 1.807) is 47.2 Å². The zero-order chi connectivity index (χ0) is 32.5. The van der Waals surface area contributed by atoms with E-state index in [1.807, 2.05) is 66.4 Å². The minimum atomic E-state index is -0.248. The van der Waals surface area contributed by atoms with Crippen LogP contribution in [0.1, 0.15) is 33.7 Å². The van der Waals surface area contributed by atoms with Crippen molar-refractivity contribution in [2.45, 2.75) is 26.0 Å². The zero-order valence-corrected chi connectivity index (χ0v) is 28.2. The molecule has 240 valence electrons. The lowest BCUT2D eigenvalue weighted by molar-refractivity contribution is -0.137. The van der Waals surface area contributed by atoms with Gasteiger partial charge in [0.25, 0.3) is 0 Å². The number of aryl methyl sites for hydroxylation is 1. The van der Waals surface area contributed by atoms with Crippen LogP contribution in [0.4, 0.5) is 5.82 Å². The Morgan fingerprint density at radius 2 is 1.61 bits per heavy atom. The van der Waals surface area contributed by atoms with E-state index in [1.165, 1.54) is 11.8 Å². The van der Waals surface area contributed by atoms with Crippen LogP contribution in [0, 0.1) is 13.8 Å². The molecule has 1 atom stereocenters. The van der Waals surface area contributed by atoms with Crippen molar-refractivity contribution < 1.29 is 23.9 Å². The number of thiophene rings is 1. The number of ether oxygens (including phenoxy) is 2. The lowest BCUT2D eigenvalue weighted by atomic mass is 10.0. The van der Waals surface area contributed by atoms with Gasteiger partial charge in [0, 0.05) is 43.5 Å². The van der Waals surface area contributed by atoms with Gasteiger partial charge in [0.1, 0.15) is 29.6 Å².